The largest absolute Gasteiger partial charge is 0.469 e. The number of aliphatic hydroxyl groups is 6. The standard InChI is InChI=1S/C26H45NO14.4Ac/c1-3-11-38-26(35)27-18-23(41-25-22(34)21(33)19(31)15(13-28)40-25)20(32)16(14-29)39-24(18)37-12-9-7-5-4-6-8-10-17(30)36-2;;;;/h3,15-16,18-25,28-29,31-34H,1,4-14H2,2H3,(H,27,35);;;;/t15?,16?,18?,19-,20+,21?,22?,23?,24+,25-;;;;/m0..../s1. The molecule has 19 heteroatoms. The zero-order valence-electron chi connectivity index (χ0n) is 25.6. The SMILES string of the molecule is C=CCOC(=O)NC1C(O[C@@H]2OC(CO)[C@H](O)C(O)C2O)[C@H](O)C(CO)O[C@H]1OCCCCCCCCC(=O)OC.[Ac].[Ac].[Ac].[Ac]. The third kappa shape index (κ3) is 18.4. The van der Waals surface area contributed by atoms with Gasteiger partial charge in [-0.15, -0.1) is 0 Å². The molecule has 1 amide bonds. The molecule has 4 radical (unpaired) electrons. The van der Waals surface area contributed by atoms with Crippen molar-refractivity contribution in [3.8, 4) is 0 Å². The number of carbonyl (C=O) groups excluding carboxylic acids is 2. The number of amides is 1. The van der Waals surface area contributed by atoms with Gasteiger partial charge in [0, 0.05) is 189 Å². The zero-order chi connectivity index (χ0) is 30.4. The first-order valence-corrected chi connectivity index (χ1v) is 13.8. The van der Waals surface area contributed by atoms with Gasteiger partial charge in [-0.2, -0.15) is 0 Å². The van der Waals surface area contributed by atoms with Gasteiger partial charge in [0.1, 0.15) is 55.4 Å². The maximum absolute atomic E-state index is 12.4. The number of ether oxygens (including phenoxy) is 6. The summed E-state index contributed by atoms with van der Waals surface area (Å²) in [6.45, 7) is 2.20. The molecular formula is C26H45Ac4NO14. The van der Waals surface area contributed by atoms with Crippen LogP contribution >= 0.6 is 0 Å². The Bertz CT molecular complexity index is 805. The minimum Gasteiger partial charge on any atom is -0.469 e. The van der Waals surface area contributed by atoms with Gasteiger partial charge in [0.05, 0.1) is 20.3 Å². The van der Waals surface area contributed by atoms with E-state index in [0.717, 1.165) is 32.1 Å². The van der Waals surface area contributed by atoms with E-state index in [9.17, 15) is 40.2 Å². The van der Waals surface area contributed by atoms with Crippen LogP contribution in [-0.2, 0) is 33.2 Å². The van der Waals surface area contributed by atoms with Crippen LogP contribution in [0.4, 0.5) is 4.79 Å². The Balaban J connectivity index is -0.00000441. The van der Waals surface area contributed by atoms with E-state index in [2.05, 4.69) is 16.6 Å². The summed E-state index contributed by atoms with van der Waals surface area (Å²) in [4.78, 5) is 23.6. The number of rotatable bonds is 17. The predicted molar refractivity (Wildman–Crippen MR) is 139 cm³/mol. The summed E-state index contributed by atoms with van der Waals surface area (Å²) in [7, 11) is 1.36. The molecule has 0 spiro atoms. The molecule has 7 N–H and O–H groups in total. The van der Waals surface area contributed by atoms with Gasteiger partial charge in [-0.1, -0.05) is 38.3 Å². The van der Waals surface area contributed by atoms with E-state index in [0.29, 0.717) is 12.8 Å². The van der Waals surface area contributed by atoms with E-state index in [1.54, 1.807) is 0 Å². The normalized spacial score (nSPS) is 30.6. The summed E-state index contributed by atoms with van der Waals surface area (Å²) in [5.41, 5.74) is 0. The van der Waals surface area contributed by atoms with Crippen LogP contribution in [0.25, 0.3) is 0 Å². The van der Waals surface area contributed by atoms with Crippen LogP contribution in [0.2, 0.25) is 0 Å². The summed E-state index contributed by atoms with van der Waals surface area (Å²) in [6.07, 6.45) is -7.84. The summed E-state index contributed by atoms with van der Waals surface area (Å²) in [6, 6.07) is -1.24. The van der Waals surface area contributed by atoms with Crippen LogP contribution in [0.1, 0.15) is 44.9 Å². The quantitative estimate of drug-likeness (QED) is 0.0499. The molecule has 2 fully saturated rings. The van der Waals surface area contributed by atoms with Gasteiger partial charge < -0.3 is 64.4 Å². The summed E-state index contributed by atoms with van der Waals surface area (Å²) in [5.74, 6) is -0.234. The number of alkyl carbamates (subject to hydrolysis) is 1. The molecule has 2 aliphatic rings. The van der Waals surface area contributed by atoms with Gasteiger partial charge in [-0.05, 0) is 12.8 Å². The molecule has 2 saturated heterocycles. The second kappa shape index (κ2) is 30.3. The van der Waals surface area contributed by atoms with Crippen LogP contribution in [-0.4, -0.2) is 138 Å². The van der Waals surface area contributed by atoms with Crippen molar-refractivity contribution < 1.29 is 245 Å². The van der Waals surface area contributed by atoms with Crippen molar-refractivity contribution in [2.45, 2.75) is 106 Å². The first-order chi connectivity index (χ1) is 19.7. The summed E-state index contributed by atoms with van der Waals surface area (Å²) in [5, 5.41) is 63.4. The fourth-order valence-electron chi connectivity index (χ4n) is 4.55. The maximum atomic E-state index is 12.4. The third-order valence-electron chi connectivity index (χ3n) is 6.90. The molecule has 0 saturated carbocycles. The molecule has 0 aliphatic carbocycles. The fraction of sp³-hybridized carbons (Fsp3) is 0.846. The number of carbonyl (C=O) groups is 2. The molecule has 6 unspecified atom stereocenters. The number of hydrogen-bond donors (Lipinski definition) is 7. The molecule has 0 bridgehead atoms. The van der Waals surface area contributed by atoms with Gasteiger partial charge >= 0.3 is 12.1 Å². The Morgan fingerprint density at radius 3 is 1.93 bits per heavy atom. The van der Waals surface area contributed by atoms with Crippen LogP contribution in [0, 0.1) is 176 Å². The second-order valence-electron chi connectivity index (χ2n) is 9.89. The summed E-state index contributed by atoms with van der Waals surface area (Å²) >= 11 is 0. The molecule has 2 rings (SSSR count). The first kappa shape index (κ1) is 53.2. The van der Waals surface area contributed by atoms with Crippen molar-refractivity contribution in [1.29, 1.82) is 0 Å². The third-order valence-corrected chi connectivity index (χ3v) is 6.90. The van der Waals surface area contributed by atoms with Crippen LogP contribution < -0.4 is 5.32 Å². The minimum absolute atomic E-state index is 0. The van der Waals surface area contributed by atoms with Crippen molar-refractivity contribution in [2.24, 2.45) is 0 Å². The van der Waals surface area contributed by atoms with Crippen molar-refractivity contribution in [3.63, 3.8) is 0 Å². The van der Waals surface area contributed by atoms with Crippen molar-refractivity contribution in [1.82, 2.24) is 5.32 Å². The number of nitrogens with one attached hydrogen (secondary N) is 1. The topological polar surface area (TPSA) is 223 Å². The van der Waals surface area contributed by atoms with Crippen molar-refractivity contribution in [3.05, 3.63) is 12.7 Å². The number of unbranched alkanes of at least 4 members (excludes halogenated alkanes) is 5. The van der Waals surface area contributed by atoms with Gasteiger partial charge in [-0.3, -0.25) is 4.79 Å². The van der Waals surface area contributed by atoms with Crippen LogP contribution in [0.15, 0.2) is 12.7 Å². The molecule has 2 aliphatic heterocycles. The second-order valence-corrected chi connectivity index (χ2v) is 9.89. The molecule has 45 heavy (non-hydrogen) atoms. The van der Waals surface area contributed by atoms with Gasteiger partial charge in [-0.25, -0.2) is 4.79 Å². The average Bonchev–Trinajstić information content (AvgIpc) is 2.97. The van der Waals surface area contributed by atoms with E-state index >= 15 is 0 Å². The fourth-order valence-corrected chi connectivity index (χ4v) is 4.55. The van der Waals surface area contributed by atoms with Gasteiger partial charge in [0.25, 0.3) is 0 Å². The molecular weight excluding hydrogens is 1460 g/mol. The van der Waals surface area contributed by atoms with Crippen LogP contribution in [0.5, 0.6) is 0 Å². The number of methoxy groups -OCH3 is 1. The monoisotopic (exact) mass is 1500 g/mol. The molecule has 2 heterocycles. The van der Waals surface area contributed by atoms with Crippen molar-refractivity contribution in [2.75, 3.05) is 33.5 Å². The zero-order valence-corrected chi connectivity index (χ0v) is 44.6. The van der Waals surface area contributed by atoms with E-state index in [-0.39, 0.29) is 195 Å². The van der Waals surface area contributed by atoms with Crippen molar-refractivity contribution >= 4 is 12.1 Å². The van der Waals surface area contributed by atoms with Gasteiger partial charge in [0.2, 0.25) is 0 Å². The van der Waals surface area contributed by atoms with Gasteiger partial charge in [0.15, 0.2) is 12.6 Å². The summed E-state index contributed by atoms with van der Waals surface area (Å²) < 4.78 is 32.4. The Morgan fingerprint density at radius 1 is 0.800 bits per heavy atom. The number of hydrogen-bond acceptors (Lipinski definition) is 14. The predicted octanol–water partition coefficient (Wildman–Crippen LogP) is -1.55. The van der Waals surface area contributed by atoms with E-state index in [1.165, 1.54) is 13.2 Å². The average molecular weight is 1500 g/mol. The molecule has 250 valence electrons. The smallest absolute Gasteiger partial charge is 0.407 e. The van der Waals surface area contributed by atoms with Crippen LogP contribution in [0.3, 0.4) is 0 Å². The first-order valence-electron chi connectivity index (χ1n) is 13.8. The maximum Gasteiger partial charge on any atom is 0.407 e. The molecule has 0 aromatic rings. The van der Waals surface area contributed by atoms with E-state index in [1.807, 2.05) is 0 Å². The Kier molecular flexibility index (Phi) is 35.8. The molecule has 0 aromatic heterocycles. The Labute approximate surface area is 407 Å². The Morgan fingerprint density at radius 2 is 1.36 bits per heavy atom. The van der Waals surface area contributed by atoms with E-state index < -0.39 is 80.7 Å². The van der Waals surface area contributed by atoms with E-state index in [4.69, 9.17) is 23.7 Å². The number of aliphatic hydroxyl groups excluding tert-OH is 6. The number of esters is 1. The Hall–Kier alpha value is 3.85. The minimum atomic E-state index is -1.78. The molecule has 15 nitrogen and oxygen atoms in total. The molecule has 10 atom stereocenters. The molecule has 0 aromatic carbocycles.